The van der Waals surface area contributed by atoms with Crippen molar-refractivity contribution in [3.63, 3.8) is 0 Å². The Hall–Kier alpha value is -2.20. The normalized spacial score (nSPS) is 9.79. The molecule has 0 spiro atoms. The lowest BCUT2D eigenvalue weighted by Crippen LogP contribution is -2.16. The molecule has 4 nitrogen and oxygen atoms in total. The smallest absolute Gasteiger partial charge is 0.417 e. The van der Waals surface area contributed by atoms with Crippen LogP contribution in [0.25, 0.3) is 0 Å². The summed E-state index contributed by atoms with van der Waals surface area (Å²) < 4.78 is 10.2. The fourth-order valence-corrected chi connectivity index (χ4v) is 1.57. The number of hydrogen-bond donors (Lipinski definition) is 1. The molecule has 0 fully saturated rings. The SMILES string of the molecule is COc1cccc(OC(=O)Nc2ccc(Cl)cc2)c1. The number of benzene rings is 2. The summed E-state index contributed by atoms with van der Waals surface area (Å²) in [6.45, 7) is 0. The van der Waals surface area contributed by atoms with Gasteiger partial charge in [0.1, 0.15) is 11.5 Å². The van der Waals surface area contributed by atoms with Gasteiger partial charge in [0.15, 0.2) is 0 Å². The minimum atomic E-state index is -0.574. The Labute approximate surface area is 115 Å². The van der Waals surface area contributed by atoms with Crippen LogP contribution in [0.3, 0.4) is 0 Å². The first-order chi connectivity index (χ1) is 9.17. The molecule has 98 valence electrons. The first kappa shape index (κ1) is 13.2. The molecular formula is C14H12ClNO3. The molecule has 0 saturated heterocycles. The summed E-state index contributed by atoms with van der Waals surface area (Å²) in [5, 5.41) is 3.20. The van der Waals surface area contributed by atoms with Gasteiger partial charge in [-0.15, -0.1) is 0 Å². The lowest BCUT2D eigenvalue weighted by Gasteiger charge is -2.07. The minimum absolute atomic E-state index is 0.408. The monoisotopic (exact) mass is 277 g/mol. The van der Waals surface area contributed by atoms with Crippen molar-refractivity contribution in [1.82, 2.24) is 0 Å². The molecule has 0 atom stereocenters. The van der Waals surface area contributed by atoms with Crippen molar-refractivity contribution in [3.05, 3.63) is 53.6 Å². The van der Waals surface area contributed by atoms with Gasteiger partial charge in [-0.1, -0.05) is 17.7 Å². The van der Waals surface area contributed by atoms with Gasteiger partial charge >= 0.3 is 6.09 Å². The summed E-state index contributed by atoms with van der Waals surface area (Å²) in [6, 6.07) is 13.6. The van der Waals surface area contributed by atoms with Gasteiger partial charge < -0.3 is 9.47 Å². The van der Waals surface area contributed by atoms with Crippen LogP contribution in [0.1, 0.15) is 0 Å². The van der Waals surface area contributed by atoms with Crippen molar-refractivity contribution in [2.75, 3.05) is 12.4 Å². The molecule has 0 aliphatic rings. The fraction of sp³-hybridized carbons (Fsp3) is 0.0714. The number of carbonyl (C=O) groups excluding carboxylic acids is 1. The third-order valence-electron chi connectivity index (χ3n) is 2.34. The van der Waals surface area contributed by atoms with Gasteiger partial charge in [0.05, 0.1) is 7.11 Å². The molecule has 2 aromatic carbocycles. The zero-order chi connectivity index (χ0) is 13.7. The molecule has 0 saturated carbocycles. The van der Waals surface area contributed by atoms with E-state index in [0.29, 0.717) is 22.2 Å². The number of rotatable bonds is 3. The zero-order valence-corrected chi connectivity index (χ0v) is 11.0. The summed E-state index contributed by atoms with van der Waals surface area (Å²) in [6.07, 6.45) is -0.574. The molecule has 0 radical (unpaired) electrons. The van der Waals surface area contributed by atoms with Crippen molar-refractivity contribution < 1.29 is 14.3 Å². The van der Waals surface area contributed by atoms with Gasteiger partial charge in [-0.25, -0.2) is 4.79 Å². The highest BCUT2D eigenvalue weighted by molar-refractivity contribution is 6.30. The lowest BCUT2D eigenvalue weighted by molar-refractivity contribution is 0.215. The van der Waals surface area contributed by atoms with Gasteiger partial charge in [-0.05, 0) is 36.4 Å². The maximum Gasteiger partial charge on any atom is 0.417 e. The van der Waals surface area contributed by atoms with E-state index in [9.17, 15) is 4.79 Å². The number of nitrogens with one attached hydrogen (secondary N) is 1. The topological polar surface area (TPSA) is 47.6 Å². The van der Waals surface area contributed by atoms with Crippen LogP contribution in [0.4, 0.5) is 10.5 Å². The van der Waals surface area contributed by atoms with Gasteiger partial charge in [0.2, 0.25) is 0 Å². The Kier molecular flexibility index (Phi) is 4.26. The second-order valence-corrected chi connectivity index (χ2v) is 4.14. The molecule has 0 aliphatic heterocycles. The van der Waals surface area contributed by atoms with Crippen LogP contribution in [-0.2, 0) is 0 Å². The zero-order valence-electron chi connectivity index (χ0n) is 10.2. The van der Waals surface area contributed by atoms with E-state index in [4.69, 9.17) is 21.1 Å². The molecule has 0 unspecified atom stereocenters. The predicted molar refractivity (Wildman–Crippen MR) is 74.1 cm³/mol. The summed E-state index contributed by atoms with van der Waals surface area (Å²) in [4.78, 5) is 11.7. The molecule has 1 amide bonds. The van der Waals surface area contributed by atoms with Gasteiger partial charge in [-0.2, -0.15) is 0 Å². The largest absolute Gasteiger partial charge is 0.497 e. The average Bonchev–Trinajstić information content (AvgIpc) is 2.41. The summed E-state index contributed by atoms with van der Waals surface area (Å²) in [7, 11) is 1.55. The van der Waals surface area contributed by atoms with Crippen molar-refractivity contribution in [1.29, 1.82) is 0 Å². The van der Waals surface area contributed by atoms with E-state index in [2.05, 4.69) is 5.32 Å². The van der Waals surface area contributed by atoms with Gasteiger partial charge in [0.25, 0.3) is 0 Å². The van der Waals surface area contributed by atoms with Crippen molar-refractivity contribution in [2.45, 2.75) is 0 Å². The van der Waals surface area contributed by atoms with Crippen LogP contribution in [0, 0.1) is 0 Å². The molecule has 0 aromatic heterocycles. The number of hydrogen-bond acceptors (Lipinski definition) is 3. The predicted octanol–water partition coefficient (Wildman–Crippen LogP) is 3.96. The summed E-state index contributed by atoms with van der Waals surface area (Å²) >= 11 is 5.75. The molecular weight excluding hydrogens is 266 g/mol. The number of ether oxygens (including phenoxy) is 2. The third-order valence-corrected chi connectivity index (χ3v) is 2.59. The number of anilines is 1. The number of methoxy groups -OCH3 is 1. The molecule has 0 heterocycles. The summed E-state index contributed by atoms with van der Waals surface area (Å²) in [5.74, 6) is 1.03. The van der Waals surface area contributed by atoms with E-state index in [-0.39, 0.29) is 0 Å². The van der Waals surface area contributed by atoms with Crippen LogP contribution < -0.4 is 14.8 Å². The van der Waals surface area contributed by atoms with Crippen LogP contribution in [-0.4, -0.2) is 13.2 Å². The highest BCUT2D eigenvalue weighted by Gasteiger charge is 2.05. The quantitative estimate of drug-likeness (QED) is 0.924. The van der Waals surface area contributed by atoms with Gasteiger partial charge in [0, 0.05) is 16.8 Å². The average molecular weight is 278 g/mol. The van der Waals surface area contributed by atoms with Gasteiger partial charge in [-0.3, -0.25) is 5.32 Å². The van der Waals surface area contributed by atoms with E-state index >= 15 is 0 Å². The second kappa shape index (κ2) is 6.11. The van der Waals surface area contributed by atoms with E-state index < -0.39 is 6.09 Å². The Morgan fingerprint density at radius 2 is 1.79 bits per heavy atom. The first-order valence-corrected chi connectivity index (χ1v) is 5.93. The minimum Gasteiger partial charge on any atom is -0.497 e. The Balaban J connectivity index is 1.99. The second-order valence-electron chi connectivity index (χ2n) is 3.70. The molecule has 1 N–H and O–H groups in total. The molecule has 0 aliphatic carbocycles. The van der Waals surface area contributed by atoms with Crippen LogP contribution in [0.5, 0.6) is 11.5 Å². The maximum atomic E-state index is 11.7. The number of halogens is 1. The lowest BCUT2D eigenvalue weighted by atomic mass is 10.3. The highest BCUT2D eigenvalue weighted by Crippen LogP contribution is 2.19. The molecule has 19 heavy (non-hydrogen) atoms. The first-order valence-electron chi connectivity index (χ1n) is 5.56. The molecule has 5 heteroatoms. The van der Waals surface area contributed by atoms with E-state index in [1.54, 1.807) is 55.6 Å². The van der Waals surface area contributed by atoms with E-state index in [0.717, 1.165) is 0 Å². The Morgan fingerprint density at radius 1 is 1.11 bits per heavy atom. The van der Waals surface area contributed by atoms with Crippen molar-refractivity contribution >= 4 is 23.4 Å². The fourth-order valence-electron chi connectivity index (χ4n) is 1.45. The summed E-state index contributed by atoms with van der Waals surface area (Å²) in [5.41, 5.74) is 0.609. The Morgan fingerprint density at radius 3 is 2.47 bits per heavy atom. The molecule has 2 aromatic rings. The van der Waals surface area contributed by atoms with Crippen LogP contribution >= 0.6 is 11.6 Å². The highest BCUT2D eigenvalue weighted by atomic mass is 35.5. The van der Waals surface area contributed by atoms with Crippen molar-refractivity contribution in [2.24, 2.45) is 0 Å². The van der Waals surface area contributed by atoms with E-state index in [1.807, 2.05) is 0 Å². The Bertz CT molecular complexity index is 569. The standard InChI is InChI=1S/C14H12ClNO3/c1-18-12-3-2-4-13(9-12)19-14(17)16-11-7-5-10(15)6-8-11/h2-9H,1H3,(H,16,17). The number of carbonyl (C=O) groups is 1. The number of amides is 1. The molecule has 0 bridgehead atoms. The van der Waals surface area contributed by atoms with Crippen LogP contribution in [0.15, 0.2) is 48.5 Å². The van der Waals surface area contributed by atoms with E-state index in [1.165, 1.54) is 0 Å². The van der Waals surface area contributed by atoms with Crippen LogP contribution in [0.2, 0.25) is 5.02 Å². The maximum absolute atomic E-state index is 11.7. The molecule has 2 rings (SSSR count). The third kappa shape index (κ3) is 3.89. The van der Waals surface area contributed by atoms with Crippen molar-refractivity contribution in [3.8, 4) is 11.5 Å².